The van der Waals surface area contributed by atoms with E-state index in [4.69, 9.17) is 0 Å². The Balaban J connectivity index is 1.56. The quantitative estimate of drug-likeness (QED) is 0.700. The van der Waals surface area contributed by atoms with E-state index in [1.54, 1.807) is 0 Å². The maximum absolute atomic E-state index is 4.46. The molecule has 21 heavy (non-hydrogen) atoms. The van der Waals surface area contributed by atoms with Crippen LogP contribution in [0, 0.1) is 0 Å². The fourth-order valence-electron chi connectivity index (χ4n) is 2.37. The number of imidazole rings is 1. The molecule has 0 spiro atoms. The summed E-state index contributed by atoms with van der Waals surface area (Å²) in [5, 5.41) is 3.47. The van der Waals surface area contributed by atoms with Crippen LogP contribution in [0.1, 0.15) is 5.56 Å². The van der Waals surface area contributed by atoms with Gasteiger partial charge in [-0.2, -0.15) is 0 Å². The summed E-state index contributed by atoms with van der Waals surface area (Å²) in [7, 11) is 0. The van der Waals surface area contributed by atoms with Crippen LogP contribution in [-0.4, -0.2) is 16.1 Å². The predicted molar refractivity (Wildman–Crippen MR) is 85.8 cm³/mol. The molecule has 3 rings (SSSR count). The van der Waals surface area contributed by atoms with Gasteiger partial charge in [-0.1, -0.05) is 60.7 Å². The van der Waals surface area contributed by atoms with Gasteiger partial charge in [0.05, 0.1) is 0 Å². The van der Waals surface area contributed by atoms with Crippen LogP contribution >= 0.6 is 0 Å². The van der Waals surface area contributed by atoms with Crippen LogP contribution < -0.4 is 5.32 Å². The highest BCUT2D eigenvalue weighted by Crippen LogP contribution is 2.16. The van der Waals surface area contributed by atoms with Crippen molar-refractivity contribution in [2.24, 2.45) is 0 Å². The van der Waals surface area contributed by atoms with Gasteiger partial charge in [0.25, 0.3) is 0 Å². The van der Waals surface area contributed by atoms with E-state index in [-0.39, 0.29) is 0 Å². The van der Waals surface area contributed by atoms with Crippen molar-refractivity contribution >= 4 is 0 Å². The summed E-state index contributed by atoms with van der Waals surface area (Å²) in [5.41, 5.74) is 2.47. The van der Waals surface area contributed by atoms with Crippen LogP contribution in [0.2, 0.25) is 0 Å². The lowest BCUT2D eigenvalue weighted by Gasteiger charge is -2.09. The molecule has 1 N–H and O–H groups in total. The molecule has 3 heteroatoms. The fraction of sp³-hybridized carbons (Fsp3) is 0.167. The van der Waals surface area contributed by atoms with Gasteiger partial charge in [0, 0.05) is 37.6 Å². The van der Waals surface area contributed by atoms with Crippen molar-refractivity contribution in [1.29, 1.82) is 0 Å². The lowest BCUT2D eigenvalue weighted by Crippen LogP contribution is -2.19. The average Bonchev–Trinajstić information content (AvgIpc) is 3.02. The number of rotatable bonds is 6. The normalized spacial score (nSPS) is 10.7. The lowest BCUT2D eigenvalue weighted by atomic mass is 10.2. The summed E-state index contributed by atoms with van der Waals surface area (Å²) < 4.78 is 2.19. The Morgan fingerprint density at radius 2 is 1.62 bits per heavy atom. The van der Waals surface area contributed by atoms with Crippen molar-refractivity contribution in [2.45, 2.75) is 13.1 Å². The van der Waals surface area contributed by atoms with Crippen molar-refractivity contribution in [2.75, 3.05) is 6.54 Å². The van der Waals surface area contributed by atoms with Gasteiger partial charge in [-0.15, -0.1) is 0 Å². The minimum absolute atomic E-state index is 0.899. The standard InChI is InChI=1S/C18H19N3/c1-3-7-16(8-4-1)15-19-11-13-21-14-12-20-18(21)17-9-5-2-6-10-17/h1-10,12,14,19H,11,13,15H2. The smallest absolute Gasteiger partial charge is 0.139 e. The Bertz CT molecular complexity index is 659. The topological polar surface area (TPSA) is 29.9 Å². The molecule has 0 atom stereocenters. The lowest BCUT2D eigenvalue weighted by molar-refractivity contribution is 0.601. The molecule has 0 aliphatic carbocycles. The SMILES string of the molecule is c1ccc(CNCCn2ccnc2-c2ccccc2)cc1. The molecule has 3 aromatic rings. The molecule has 0 amide bonds. The highest BCUT2D eigenvalue weighted by Gasteiger charge is 2.04. The molecule has 0 unspecified atom stereocenters. The number of nitrogens with zero attached hydrogens (tertiary/aromatic N) is 2. The third-order valence-electron chi connectivity index (χ3n) is 3.45. The van der Waals surface area contributed by atoms with Gasteiger partial charge >= 0.3 is 0 Å². The second-order valence-corrected chi connectivity index (χ2v) is 4.97. The third kappa shape index (κ3) is 3.58. The maximum atomic E-state index is 4.46. The molecule has 1 aromatic heterocycles. The largest absolute Gasteiger partial charge is 0.330 e. The minimum atomic E-state index is 0.899. The first kappa shape index (κ1) is 13.6. The van der Waals surface area contributed by atoms with Gasteiger partial charge in [-0.25, -0.2) is 4.98 Å². The molecule has 1 heterocycles. The maximum Gasteiger partial charge on any atom is 0.139 e. The van der Waals surface area contributed by atoms with E-state index in [0.717, 1.165) is 31.0 Å². The molecule has 2 aromatic carbocycles. The summed E-state index contributed by atoms with van der Waals surface area (Å²) >= 11 is 0. The van der Waals surface area contributed by atoms with Gasteiger partial charge in [0.15, 0.2) is 0 Å². The van der Waals surface area contributed by atoms with Crippen LogP contribution in [-0.2, 0) is 13.1 Å². The Morgan fingerprint density at radius 3 is 2.38 bits per heavy atom. The molecule has 0 aliphatic rings. The van der Waals surface area contributed by atoms with Gasteiger partial charge < -0.3 is 9.88 Å². The number of aromatic nitrogens is 2. The van der Waals surface area contributed by atoms with Gasteiger partial charge in [-0.3, -0.25) is 0 Å². The van der Waals surface area contributed by atoms with Crippen molar-refractivity contribution in [1.82, 2.24) is 14.9 Å². The Hall–Kier alpha value is -2.39. The third-order valence-corrected chi connectivity index (χ3v) is 3.45. The van der Waals surface area contributed by atoms with E-state index < -0.39 is 0 Å². The summed E-state index contributed by atoms with van der Waals surface area (Å²) in [6, 6.07) is 20.8. The van der Waals surface area contributed by atoms with E-state index in [0.29, 0.717) is 0 Å². The molecular weight excluding hydrogens is 258 g/mol. The second kappa shape index (κ2) is 6.86. The summed E-state index contributed by atoms with van der Waals surface area (Å²) in [5.74, 6) is 1.03. The summed E-state index contributed by atoms with van der Waals surface area (Å²) in [6.45, 7) is 2.73. The first-order valence-corrected chi connectivity index (χ1v) is 7.25. The Labute approximate surface area is 125 Å². The van der Waals surface area contributed by atoms with E-state index in [2.05, 4.69) is 51.3 Å². The van der Waals surface area contributed by atoms with Crippen molar-refractivity contribution in [3.63, 3.8) is 0 Å². The number of hydrogen-bond acceptors (Lipinski definition) is 2. The zero-order valence-electron chi connectivity index (χ0n) is 11.9. The van der Waals surface area contributed by atoms with E-state index in [9.17, 15) is 0 Å². The minimum Gasteiger partial charge on any atom is -0.330 e. The Morgan fingerprint density at radius 1 is 0.905 bits per heavy atom. The van der Waals surface area contributed by atoms with Crippen LogP contribution in [0.15, 0.2) is 73.1 Å². The zero-order valence-corrected chi connectivity index (χ0v) is 11.9. The zero-order chi connectivity index (χ0) is 14.3. The van der Waals surface area contributed by atoms with Crippen LogP contribution in [0.5, 0.6) is 0 Å². The van der Waals surface area contributed by atoms with E-state index in [1.807, 2.05) is 36.7 Å². The van der Waals surface area contributed by atoms with Gasteiger partial charge in [0.2, 0.25) is 0 Å². The molecule has 3 nitrogen and oxygen atoms in total. The van der Waals surface area contributed by atoms with Gasteiger partial charge in [0.1, 0.15) is 5.82 Å². The predicted octanol–water partition coefficient (Wildman–Crippen LogP) is 3.34. The van der Waals surface area contributed by atoms with E-state index >= 15 is 0 Å². The number of hydrogen-bond donors (Lipinski definition) is 1. The molecule has 0 radical (unpaired) electrons. The Kier molecular flexibility index (Phi) is 4.44. The van der Waals surface area contributed by atoms with Crippen molar-refractivity contribution in [3.05, 3.63) is 78.6 Å². The second-order valence-electron chi connectivity index (χ2n) is 4.97. The first-order chi connectivity index (χ1) is 10.4. The number of benzene rings is 2. The molecule has 0 fully saturated rings. The average molecular weight is 277 g/mol. The fourth-order valence-corrected chi connectivity index (χ4v) is 2.37. The number of nitrogens with one attached hydrogen (secondary N) is 1. The highest BCUT2D eigenvalue weighted by molar-refractivity contribution is 5.55. The molecule has 0 saturated heterocycles. The summed E-state index contributed by atoms with van der Waals surface area (Å²) in [4.78, 5) is 4.46. The molecule has 0 saturated carbocycles. The molecular formula is C18H19N3. The van der Waals surface area contributed by atoms with Crippen LogP contribution in [0.25, 0.3) is 11.4 Å². The monoisotopic (exact) mass is 277 g/mol. The van der Waals surface area contributed by atoms with E-state index in [1.165, 1.54) is 5.56 Å². The van der Waals surface area contributed by atoms with Crippen molar-refractivity contribution < 1.29 is 0 Å². The molecule has 106 valence electrons. The van der Waals surface area contributed by atoms with Crippen LogP contribution in [0.3, 0.4) is 0 Å². The molecule has 0 aliphatic heterocycles. The first-order valence-electron chi connectivity index (χ1n) is 7.25. The van der Waals surface area contributed by atoms with Gasteiger partial charge in [-0.05, 0) is 5.56 Å². The van der Waals surface area contributed by atoms with Crippen LogP contribution in [0.4, 0.5) is 0 Å². The summed E-state index contributed by atoms with van der Waals surface area (Å²) in [6.07, 6.45) is 3.89. The van der Waals surface area contributed by atoms with Crippen molar-refractivity contribution in [3.8, 4) is 11.4 Å². The highest BCUT2D eigenvalue weighted by atomic mass is 15.1. The molecule has 0 bridgehead atoms.